The number of ether oxygens (including phenoxy) is 1. The standard InChI is InChI=1S/C9H9F3N2O3/c1-5-2-6(8(15)16)14-7(13-5)3-17-4-9(10,11)12/h2H,3-4H2,1H3,(H,15,16). The number of aromatic nitrogens is 2. The zero-order valence-electron chi connectivity index (χ0n) is 8.78. The molecule has 0 atom stereocenters. The Hall–Kier alpha value is -1.70. The SMILES string of the molecule is Cc1cc(C(=O)O)nc(COCC(F)(F)F)n1. The molecule has 0 unspecified atom stereocenters. The molecule has 0 aliphatic heterocycles. The molecule has 0 amide bonds. The van der Waals surface area contributed by atoms with Crippen molar-refractivity contribution < 1.29 is 27.8 Å². The molecule has 1 heterocycles. The number of alkyl halides is 3. The van der Waals surface area contributed by atoms with E-state index in [0.717, 1.165) is 0 Å². The van der Waals surface area contributed by atoms with E-state index in [0.29, 0.717) is 5.69 Å². The van der Waals surface area contributed by atoms with Crippen LogP contribution in [0.15, 0.2) is 6.07 Å². The van der Waals surface area contributed by atoms with Crippen molar-refractivity contribution >= 4 is 5.97 Å². The van der Waals surface area contributed by atoms with Crippen molar-refractivity contribution in [3.63, 3.8) is 0 Å². The van der Waals surface area contributed by atoms with Gasteiger partial charge in [0.25, 0.3) is 0 Å². The summed E-state index contributed by atoms with van der Waals surface area (Å²) in [6.45, 7) is -0.393. The molecule has 1 N–H and O–H groups in total. The maximum atomic E-state index is 11.8. The molecule has 5 nitrogen and oxygen atoms in total. The van der Waals surface area contributed by atoms with E-state index in [1.807, 2.05) is 0 Å². The number of hydrogen-bond donors (Lipinski definition) is 1. The number of aromatic carboxylic acids is 1. The van der Waals surface area contributed by atoms with E-state index in [2.05, 4.69) is 14.7 Å². The lowest BCUT2D eigenvalue weighted by Crippen LogP contribution is -2.17. The fourth-order valence-electron chi connectivity index (χ4n) is 1.06. The van der Waals surface area contributed by atoms with Crippen LogP contribution in [0.1, 0.15) is 22.0 Å². The lowest BCUT2D eigenvalue weighted by atomic mass is 10.3. The van der Waals surface area contributed by atoms with E-state index < -0.39 is 25.4 Å². The summed E-state index contributed by atoms with van der Waals surface area (Å²) in [5.74, 6) is -1.36. The number of carboxylic acids is 1. The van der Waals surface area contributed by atoms with Crippen molar-refractivity contribution in [3.8, 4) is 0 Å². The van der Waals surface area contributed by atoms with E-state index in [1.54, 1.807) is 0 Å². The molecule has 0 radical (unpaired) electrons. The van der Waals surface area contributed by atoms with Gasteiger partial charge in [-0.1, -0.05) is 0 Å². The van der Waals surface area contributed by atoms with Gasteiger partial charge in [0.15, 0.2) is 11.5 Å². The molecule has 0 fully saturated rings. The number of rotatable bonds is 4. The lowest BCUT2D eigenvalue weighted by molar-refractivity contribution is -0.177. The van der Waals surface area contributed by atoms with Crippen molar-refractivity contribution in [2.24, 2.45) is 0 Å². The van der Waals surface area contributed by atoms with E-state index >= 15 is 0 Å². The first-order valence-electron chi connectivity index (χ1n) is 4.50. The number of carbonyl (C=O) groups is 1. The summed E-state index contributed by atoms with van der Waals surface area (Å²) in [6, 6.07) is 1.22. The van der Waals surface area contributed by atoms with Crippen molar-refractivity contribution in [3.05, 3.63) is 23.3 Å². The molecule has 1 rings (SSSR count). The molecule has 0 aliphatic carbocycles. The van der Waals surface area contributed by atoms with Crippen LogP contribution >= 0.6 is 0 Å². The van der Waals surface area contributed by atoms with E-state index in [4.69, 9.17) is 5.11 Å². The van der Waals surface area contributed by atoms with Crippen molar-refractivity contribution in [1.29, 1.82) is 0 Å². The van der Waals surface area contributed by atoms with Gasteiger partial charge in [0.1, 0.15) is 13.2 Å². The largest absolute Gasteiger partial charge is 0.477 e. The van der Waals surface area contributed by atoms with Gasteiger partial charge in [-0.05, 0) is 13.0 Å². The zero-order valence-corrected chi connectivity index (χ0v) is 8.78. The second kappa shape index (κ2) is 5.09. The highest BCUT2D eigenvalue weighted by Crippen LogP contribution is 2.15. The van der Waals surface area contributed by atoms with Gasteiger partial charge in [0, 0.05) is 5.69 Å². The van der Waals surface area contributed by atoms with E-state index in [1.165, 1.54) is 13.0 Å². The first kappa shape index (κ1) is 13.4. The molecule has 1 aromatic rings. The molecule has 17 heavy (non-hydrogen) atoms. The summed E-state index contributed by atoms with van der Waals surface area (Å²) in [7, 11) is 0. The van der Waals surface area contributed by atoms with Gasteiger partial charge in [0.05, 0.1) is 0 Å². The highest BCUT2D eigenvalue weighted by molar-refractivity contribution is 5.85. The average Bonchev–Trinajstić information content (AvgIpc) is 2.14. The molecule has 0 spiro atoms. The number of hydrogen-bond acceptors (Lipinski definition) is 4. The fourth-order valence-corrected chi connectivity index (χ4v) is 1.06. The normalized spacial score (nSPS) is 11.5. The Morgan fingerprint density at radius 2 is 2.12 bits per heavy atom. The summed E-state index contributed by atoms with van der Waals surface area (Å²) in [6.07, 6.45) is -4.43. The number of aryl methyl sites for hydroxylation is 1. The molecule has 0 saturated carbocycles. The number of carboxylic acid groups (broad SMARTS) is 1. The molecule has 1 aromatic heterocycles. The Morgan fingerprint density at radius 3 is 2.65 bits per heavy atom. The highest BCUT2D eigenvalue weighted by atomic mass is 19.4. The van der Waals surface area contributed by atoms with Crippen LogP contribution in [-0.2, 0) is 11.3 Å². The quantitative estimate of drug-likeness (QED) is 0.877. The minimum absolute atomic E-state index is 0.0911. The third-order valence-electron chi connectivity index (χ3n) is 1.62. The van der Waals surface area contributed by atoms with E-state index in [-0.39, 0.29) is 11.5 Å². The van der Waals surface area contributed by atoms with Crippen LogP contribution in [0.3, 0.4) is 0 Å². The monoisotopic (exact) mass is 250 g/mol. The van der Waals surface area contributed by atoms with Gasteiger partial charge < -0.3 is 9.84 Å². The molecule has 0 aromatic carbocycles. The van der Waals surface area contributed by atoms with Gasteiger partial charge in [-0.25, -0.2) is 14.8 Å². The zero-order chi connectivity index (χ0) is 13.1. The Bertz CT molecular complexity index is 420. The van der Waals surface area contributed by atoms with Gasteiger partial charge in [-0.2, -0.15) is 13.2 Å². The van der Waals surface area contributed by atoms with E-state index in [9.17, 15) is 18.0 Å². The Labute approximate surface area is 94.3 Å². The van der Waals surface area contributed by atoms with Crippen LogP contribution in [0, 0.1) is 6.92 Å². The summed E-state index contributed by atoms with van der Waals surface area (Å²) in [4.78, 5) is 17.9. The minimum atomic E-state index is -4.43. The predicted octanol–water partition coefficient (Wildman–Crippen LogP) is 1.56. The third kappa shape index (κ3) is 4.77. The molecule has 0 aliphatic rings. The summed E-state index contributed by atoms with van der Waals surface area (Å²) < 4.78 is 39.7. The number of nitrogens with zero attached hydrogens (tertiary/aromatic N) is 2. The van der Waals surface area contributed by atoms with Crippen molar-refractivity contribution in [2.45, 2.75) is 19.7 Å². The van der Waals surface area contributed by atoms with Gasteiger partial charge in [0.2, 0.25) is 0 Å². The molecule has 0 bridgehead atoms. The first-order chi connectivity index (χ1) is 7.78. The fraction of sp³-hybridized carbons (Fsp3) is 0.444. The van der Waals surface area contributed by atoms with Crippen molar-refractivity contribution in [1.82, 2.24) is 9.97 Å². The predicted molar refractivity (Wildman–Crippen MR) is 49.4 cm³/mol. The molecular weight excluding hydrogens is 241 g/mol. The molecule has 94 valence electrons. The third-order valence-corrected chi connectivity index (χ3v) is 1.62. The van der Waals surface area contributed by atoms with Gasteiger partial charge >= 0.3 is 12.1 Å². The summed E-state index contributed by atoms with van der Waals surface area (Å²) >= 11 is 0. The van der Waals surface area contributed by atoms with Crippen LogP contribution < -0.4 is 0 Å². The van der Waals surface area contributed by atoms with Crippen LogP contribution in [0.2, 0.25) is 0 Å². The maximum absolute atomic E-state index is 11.8. The summed E-state index contributed by atoms with van der Waals surface area (Å²) in [5.41, 5.74) is 0.0751. The molecule has 0 saturated heterocycles. The smallest absolute Gasteiger partial charge is 0.411 e. The Morgan fingerprint density at radius 1 is 1.47 bits per heavy atom. The van der Waals surface area contributed by atoms with Gasteiger partial charge in [-0.15, -0.1) is 0 Å². The van der Waals surface area contributed by atoms with Gasteiger partial charge in [-0.3, -0.25) is 0 Å². The topological polar surface area (TPSA) is 72.3 Å². The first-order valence-corrected chi connectivity index (χ1v) is 4.50. The van der Waals surface area contributed by atoms with Crippen LogP contribution in [-0.4, -0.2) is 33.8 Å². The second-order valence-electron chi connectivity index (χ2n) is 3.22. The lowest BCUT2D eigenvalue weighted by Gasteiger charge is -2.07. The highest BCUT2D eigenvalue weighted by Gasteiger charge is 2.27. The van der Waals surface area contributed by atoms with Crippen LogP contribution in [0.4, 0.5) is 13.2 Å². The maximum Gasteiger partial charge on any atom is 0.411 e. The van der Waals surface area contributed by atoms with Crippen LogP contribution in [0.25, 0.3) is 0 Å². The van der Waals surface area contributed by atoms with Crippen molar-refractivity contribution in [2.75, 3.05) is 6.61 Å². The average molecular weight is 250 g/mol. The second-order valence-corrected chi connectivity index (χ2v) is 3.22. The molecular formula is C9H9F3N2O3. The summed E-state index contributed by atoms with van der Waals surface area (Å²) in [5, 5.41) is 8.68. The Balaban J connectivity index is 2.68. The molecule has 8 heteroatoms. The number of halogens is 3. The Kier molecular flexibility index (Phi) is 4.00. The van der Waals surface area contributed by atoms with Crippen LogP contribution in [0.5, 0.6) is 0 Å². The minimum Gasteiger partial charge on any atom is -0.477 e.